The van der Waals surface area contributed by atoms with Crippen molar-refractivity contribution in [3.8, 4) is 0 Å². The normalized spacial score (nSPS) is 11.7. The van der Waals surface area contributed by atoms with E-state index in [4.69, 9.17) is 5.73 Å². The number of rotatable bonds is 6. The van der Waals surface area contributed by atoms with Gasteiger partial charge >= 0.3 is 0 Å². The van der Waals surface area contributed by atoms with Gasteiger partial charge in [-0.15, -0.1) is 0 Å². The molecule has 3 N–H and O–H groups in total. The number of hydrogen-bond donors (Lipinski definition) is 2. The second kappa shape index (κ2) is 8.39. The maximum absolute atomic E-state index is 12.6. The molecule has 120 valence electrons. The van der Waals surface area contributed by atoms with E-state index in [1.54, 1.807) is 24.3 Å². The lowest BCUT2D eigenvalue weighted by atomic mass is 10.00. The third-order valence-electron chi connectivity index (χ3n) is 3.34. The lowest BCUT2D eigenvalue weighted by Crippen LogP contribution is -2.27. The minimum Gasteiger partial charge on any atom is -0.399 e. The van der Waals surface area contributed by atoms with Crippen LogP contribution in [-0.2, 0) is 16.0 Å². The van der Waals surface area contributed by atoms with Crippen LogP contribution < -0.4 is 11.1 Å². The predicted octanol–water partition coefficient (Wildman–Crippen LogP) is 3.35. The average molecular weight is 328 g/mol. The molecule has 4 nitrogen and oxygen atoms in total. The van der Waals surface area contributed by atoms with Crippen LogP contribution in [-0.4, -0.2) is 16.8 Å². The smallest absolute Gasteiger partial charge is 0.228 e. The van der Waals surface area contributed by atoms with Gasteiger partial charge in [-0.3, -0.25) is 9.59 Å². The second-order valence-corrected chi connectivity index (χ2v) is 6.50. The number of carbonyl (C=O) groups is 2. The molecule has 0 saturated carbocycles. The van der Waals surface area contributed by atoms with Gasteiger partial charge in [-0.05, 0) is 30.2 Å². The Morgan fingerprint density at radius 3 is 2.52 bits per heavy atom. The van der Waals surface area contributed by atoms with Crippen molar-refractivity contribution < 1.29 is 9.59 Å². The number of nitrogens with two attached hydrogens (primary N) is 1. The van der Waals surface area contributed by atoms with Crippen LogP contribution in [0.1, 0.15) is 12.5 Å². The Kier molecular flexibility index (Phi) is 6.23. The van der Waals surface area contributed by atoms with Gasteiger partial charge in [-0.1, -0.05) is 48.2 Å². The Hall–Kier alpha value is -2.27. The third kappa shape index (κ3) is 5.79. The Morgan fingerprint density at radius 1 is 1.13 bits per heavy atom. The van der Waals surface area contributed by atoms with Crippen LogP contribution in [0.15, 0.2) is 54.6 Å². The molecule has 1 amide bonds. The highest BCUT2D eigenvalue weighted by Crippen LogP contribution is 2.19. The topological polar surface area (TPSA) is 72.2 Å². The van der Waals surface area contributed by atoms with Gasteiger partial charge in [0.2, 0.25) is 5.91 Å². The van der Waals surface area contributed by atoms with E-state index in [-0.39, 0.29) is 16.9 Å². The number of hydrogen-bond acceptors (Lipinski definition) is 4. The van der Waals surface area contributed by atoms with Crippen molar-refractivity contribution in [1.29, 1.82) is 0 Å². The van der Waals surface area contributed by atoms with Crippen molar-refractivity contribution >= 4 is 34.2 Å². The molecule has 0 aromatic heterocycles. The molecular weight excluding hydrogens is 308 g/mol. The van der Waals surface area contributed by atoms with E-state index in [1.165, 1.54) is 18.7 Å². The van der Waals surface area contributed by atoms with Crippen molar-refractivity contribution in [2.75, 3.05) is 16.8 Å². The van der Waals surface area contributed by atoms with Crippen LogP contribution in [0.5, 0.6) is 0 Å². The number of nitrogen functional groups attached to an aromatic ring is 1. The minimum atomic E-state index is -0.285. The highest BCUT2D eigenvalue weighted by Gasteiger charge is 2.20. The minimum absolute atomic E-state index is 0.0137. The number of carbonyl (C=O) groups excluding carboxylic acids is 2. The molecule has 5 heteroatoms. The molecule has 0 aliphatic heterocycles. The summed E-state index contributed by atoms with van der Waals surface area (Å²) in [5.41, 5.74) is 8.07. The molecule has 0 bridgehead atoms. The number of thioether (sulfide) groups is 1. The predicted molar refractivity (Wildman–Crippen MR) is 96.3 cm³/mol. The van der Waals surface area contributed by atoms with Crippen LogP contribution in [0, 0.1) is 5.92 Å². The molecule has 0 aliphatic carbocycles. The monoisotopic (exact) mass is 328 g/mol. The van der Waals surface area contributed by atoms with Crippen LogP contribution in [0.25, 0.3) is 0 Å². The van der Waals surface area contributed by atoms with E-state index in [2.05, 4.69) is 5.32 Å². The molecule has 1 unspecified atom stereocenters. The van der Waals surface area contributed by atoms with E-state index < -0.39 is 0 Å². The summed E-state index contributed by atoms with van der Waals surface area (Å²) in [6.07, 6.45) is 0.593. The molecule has 0 spiro atoms. The van der Waals surface area contributed by atoms with Gasteiger partial charge in [0.25, 0.3) is 0 Å². The van der Waals surface area contributed by atoms with E-state index >= 15 is 0 Å². The average Bonchev–Trinajstić information content (AvgIpc) is 2.52. The van der Waals surface area contributed by atoms with Crippen molar-refractivity contribution in [3.05, 3.63) is 60.2 Å². The van der Waals surface area contributed by atoms with E-state index in [0.717, 1.165) is 5.56 Å². The standard InChI is InChI=1S/C18H20N2O2S/c1-13(21)23-12-15(10-14-6-3-2-4-7-14)18(22)20-17-9-5-8-16(19)11-17/h2-9,11,15H,10,12,19H2,1H3,(H,20,22). The molecule has 0 aliphatic rings. The van der Waals surface area contributed by atoms with E-state index in [1.807, 2.05) is 30.3 Å². The van der Waals surface area contributed by atoms with Crippen LogP contribution in [0.3, 0.4) is 0 Å². The van der Waals surface area contributed by atoms with E-state index in [0.29, 0.717) is 23.5 Å². The molecule has 0 radical (unpaired) electrons. The number of nitrogens with one attached hydrogen (secondary N) is 1. The Morgan fingerprint density at radius 2 is 1.87 bits per heavy atom. The Balaban J connectivity index is 2.08. The maximum Gasteiger partial charge on any atom is 0.228 e. The first kappa shape index (κ1) is 17.1. The highest BCUT2D eigenvalue weighted by atomic mass is 32.2. The molecule has 2 aromatic rings. The lowest BCUT2D eigenvalue weighted by molar-refractivity contribution is -0.119. The van der Waals surface area contributed by atoms with E-state index in [9.17, 15) is 9.59 Å². The quantitative estimate of drug-likeness (QED) is 0.798. The Labute approximate surface area is 140 Å². The molecular formula is C18H20N2O2S. The SMILES string of the molecule is CC(=O)SCC(Cc1ccccc1)C(=O)Nc1cccc(N)c1. The first-order valence-electron chi connectivity index (χ1n) is 7.38. The number of benzene rings is 2. The third-order valence-corrected chi connectivity index (χ3v) is 4.31. The van der Waals surface area contributed by atoms with Gasteiger partial charge in [-0.2, -0.15) is 0 Å². The van der Waals surface area contributed by atoms with Gasteiger partial charge in [0.1, 0.15) is 0 Å². The highest BCUT2D eigenvalue weighted by molar-refractivity contribution is 8.13. The van der Waals surface area contributed by atoms with Gasteiger partial charge in [-0.25, -0.2) is 0 Å². The molecule has 23 heavy (non-hydrogen) atoms. The fourth-order valence-corrected chi connectivity index (χ4v) is 2.91. The van der Waals surface area contributed by atoms with Gasteiger partial charge in [0, 0.05) is 24.1 Å². The van der Waals surface area contributed by atoms with Crippen molar-refractivity contribution in [1.82, 2.24) is 0 Å². The lowest BCUT2D eigenvalue weighted by Gasteiger charge is -2.16. The molecule has 2 aromatic carbocycles. The van der Waals surface area contributed by atoms with Gasteiger partial charge in [0.05, 0.1) is 5.92 Å². The molecule has 0 heterocycles. The zero-order chi connectivity index (χ0) is 16.7. The largest absolute Gasteiger partial charge is 0.399 e. The van der Waals surface area contributed by atoms with Crippen molar-refractivity contribution in [3.63, 3.8) is 0 Å². The zero-order valence-electron chi connectivity index (χ0n) is 13.0. The van der Waals surface area contributed by atoms with Crippen molar-refractivity contribution in [2.24, 2.45) is 5.92 Å². The Bertz CT molecular complexity index is 674. The molecule has 0 saturated heterocycles. The van der Waals surface area contributed by atoms with Crippen LogP contribution in [0.2, 0.25) is 0 Å². The summed E-state index contributed by atoms with van der Waals surface area (Å²) < 4.78 is 0. The fourth-order valence-electron chi connectivity index (χ4n) is 2.20. The summed E-state index contributed by atoms with van der Waals surface area (Å²) in [4.78, 5) is 23.8. The summed E-state index contributed by atoms with van der Waals surface area (Å²) in [7, 11) is 0. The fraction of sp³-hybridized carbons (Fsp3) is 0.222. The summed E-state index contributed by atoms with van der Waals surface area (Å²) >= 11 is 1.18. The second-order valence-electron chi connectivity index (χ2n) is 5.30. The van der Waals surface area contributed by atoms with Gasteiger partial charge in [0.15, 0.2) is 5.12 Å². The molecule has 0 fully saturated rings. The number of amides is 1. The van der Waals surface area contributed by atoms with Crippen LogP contribution in [0.4, 0.5) is 11.4 Å². The molecule has 2 rings (SSSR count). The number of anilines is 2. The molecule has 1 atom stereocenters. The first-order chi connectivity index (χ1) is 11.0. The summed E-state index contributed by atoms with van der Waals surface area (Å²) in [5.74, 6) is 0.0687. The summed E-state index contributed by atoms with van der Waals surface area (Å²) in [5, 5.41) is 2.90. The summed E-state index contributed by atoms with van der Waals surface area (Å²) in [6, 6.07) is 16.9. The zero-order valence-corrected chi connectivity index (χ0v) is 13.8. The van der Waals surface area contributed by atoms with Gasteiger partial charge < -0.3 is 11.1 Å². The first-order valence-corrected chi connectivity index (χ1v) is 8.37. The maximum atomic E-state index is 12.6. The van der Waals surface area contributed by atoms with Crippen molar-refractivity contribution in [2.45, 2.75) is 13.3 Å². The van der Waals surface area contributed by atoms with Crippen LogP contribution >= 0.6 is 11.8 Å². The summed E-state index contributed by atoms with van der Waals surface area (Å²) in [6.45, 7) is 1.51.